The van der Waals surface area contributed by atoms with Crippen molar-refractivity contribution in [3.05, 3.63) is 82.2 Å². The van der Waals surface area contributed by atoms with Gasteiger partial charge in [-0.1, -0.05) is 65.8 Å². The van der Waals surface area contributed by atoms with E-state index >= 15 is 0 Å². The number of hydrogen-bond acceptors (Lipinski definition) is 1. The highest BCUT2D eigenvalue weighted by Crippen LogP contribution is 2.37. The van der Waals surface area contributed by atoms with Crippen LogP contribution in [0.2, 0.25) is 0 Å². The molecule has 0 saturated heterocycles. The zero-order valence-corrected chi connectivity index (χ0v) is 10.4. The van der Waals surface area contributed by atoms with Gasteiger partial charge in [-0.25, -0.2) is 0 Å². The number of halogens is 1. The van der Waals surface area contributed by atoms with Gasteiger partial charge in [0.05, 0.1) is 11.4 Å². The maximum absolute atomic E-state index is 8.69. The second kappa shape index (κ2) is 6.10. The van der Waals surface area contributed by atoms with Crippen molar-refractivity contribution in [3.8, 4) is 0 Å². The molecule has 0 aliphatic carbocycles. The van der Waals surface area contributed by atoms with Crippen LogP contribution in [0.15, 0.2) is 65.8 Å². The Bertz CT molecular complexity index is 535. The van der Waals surface area contributed by atoms with E-state index in [-0.39, 0.29) is 5.38 Å². The summed E-state index contributed by atoms with van der Waals surface area (Å²) in [6, 6.07) is 18.8. The van der Waals surface area contributed by atoms with Crippen molar-refractivity contribution in [3.63, 3.8) is 0 Å². The molecule has 2 atom stereocenters. The molecule has 0 aromatic heterocycles. The van der Waals surface area contributed by atoms with E-state index < -0.39 is 6.04 Å². The predicted octanol–water partition coefficient (Wildman–Crippen LogP) is 5.02. The molecule has 2 rings (SSSR count). The molecule has 0 N–H and O–H groups in total. The molecule has 2 unspecified atom stereocenters. The monoisotopic (exact) mass is 257 g/mol. The largest absolute Gasteiger partial charge is 0.117 e. The third-order valence-electron chi connectivity index (χ3n) is 2.71. The normalized spacial score (nSPS) is 13.4. The minimum atomic E-state index is -0.403. The van der Waals surface area contributed by atoms with Gasteiger partial charge < -0.3 is 0 Å². The first kappa shape index (κ1) is 12.5. The third-order valence-corrected chi connectivity index (χ3v) is 3.20. The molecule has 18 heavy (non-hydrogen) atoms. The number of benzene rings is 2. The molecule has 0 aliphatic rings. The lowest BCUT2D eigenvalue weighted by Gasteiger charge is -2.18. The number of hydrogen-bond donors (Lipinski definition) is 0. The van der Waals surface area contributed by atoms with E-state index in [0.29, 0.717) is 0 Å². The molecule has 4 heteroatoms. The first-order chi connectivity index (χ1) is 8.83. The summed E-state index contributed by atoms with van der Waals surface area (Å²) in [5.41, 5.74) is 10.6. The molecular weight excluding hydrogens is 246 g/mol. The summed E-state index contributed by atoms with van der Waals surface area (Å²) in [6.45, 7) is 0. The fourth-order valence-corrected chi connectivity index (χ4v) is 2.16. The number of azide groups is 1. The van der Waals surface area contributed by atoms with Crippen molar-refractivity contribution in [1.29, 1.82) is 0 Å². The second-order valence-corrected chi connectivity index (χ2v) is 4.34. The highest BCUT2D eigenvalue weighted by atomic mass is 35.5. The van der Waals surface area contributed by atoms with Gasteiger partial charge in [0, 0.05) is 4.91 Å². The van der Waals surface area contributed by atoms with Crippen LogP contribution < -0.4 is 0 Å². The molecule has 0 heterocycles. The lowest BCUT2D eigenvalue weighted by molar-refractivity contribution is 0.691. The van der Waals surface area contributed by atoms with Crippen LogP contribution in [-0.4, -0.2) is 0 Å². The zero-order valence-electron chi connectivity index (χ0n) is 9.65. The Balaban J connectivity index is 2.35. The maximum Gasteiger partial charge on any atom is 0.0830 e. The van der Waals surface area contributed by atoms with Crippen molar-refractivity contribution >= 4 is 11.6 Å². The molecule has 3 nitrogen and oxygen atoms in total. The molecule has 0 radical (unpaired) electrons. The topological polar surface area (TPSA) is 48.8 Å². The average Bonchev–Trinajstić information content (AvgIpc) is 2.46. The first-order valence-corrected chi connectivity index (χ1v) is 6.04. The molecule has 0 spiro atoms. The highest BCUT2D eigenvalue weighted by Gasteiger charge is 2.21. The van der Waals surface area contributed by atoms with Crippen molar-refractivity contribution in [2.45, 2.75) is 11.4 Å². The first-order valence-electron chi connectivity index (χ1n) is 5.61. The van der Waals surface area contributed by atoms with Crippen molar-refractivity contribution in [1.82, 2.24) is 0 Å². The lowest BCUT2D eigenvalue weighted by atomic mass is 9.99. The Hall–Kier alpha value is -1.96. The average molecular weight is 258 g/mol. The summed E-state index contributed by atoms with van der Waals surface area (Å²) in [7, 11) is 0. The molecule has 0 amide bonds. The lowest BCUT2D eigenvalue weighted by Crippen LogP contribution is -2.03. The van der Waals surface area contributed by atoms with Crippen LogP contribution in [0.1, 0.15) is 22.5 Å². The number of rotatable bonds is 4. The molecule has 2 aromatic rings. The SMILES string of the molecule is [N-]=[N+]=NC(c1ccccc1)C(Cl)c1ccccc1. The van der Waals surface area contributed by atoms with Gasteiger partial charge in [-0.15, -0.1) is 11.6 Å². The standard InChI is InChI=1S/C14H12ClN3/c15-13(11-7-3-1-4-8-11)14(17-18-16)12-9-5-2-6-10-12/h1-10,13-14H. The van der Waals surface area contributed by atoms with Crippen LogP contribution in [-0.2, 0) is 0 Å². The molecule has 0 aliphatic heterocycles. The van der Waals surface area contributed by atoms with Gasteiger partial charge in [0.2, 0.25) is 0 Å². The van der Waals surface area contributed by atoms with Gasteiger partial charge in [-0.05, 0) is 16.7 Å². The van der Waals surface area contributed by atoms with Crippen molar-refractivity contribution in [2.24, 2.45) is 5.11 Å². The summed E-state index contributed by atoms with van der Waals surface area (Å²) in [5.74, 6) is 0. The van der Waals surface area contributed by atoms with Crippen LogP contribution in [0.3, 0.4) is 0 Å². The highest BCUT2D eigenvalue weighted by molar-refractivity contribution is 6.21. The smallest absolute Gasteiger partial charge is 0.0830 e. The summed E-state index contributed by atoms with van der Waals surface area (Å²) in [6.07, 6.45) is 0. The van der Waals surface area contributed by atoms with E-state index in [9.17, 15) is 0 Å². The van der Waals surface area contributed by atoms with E-state index in [2.05, 4.69) is 10.0 Å². The summed E-state index contributed by atoms with van der Waals surface area (Å²) in [5, 5.41) is 3.45. The van der Waals surface area contributed by atoms with Crippen LogP contribution in [0.4, 0.5) is 0 Å². The van der Waals surface area contributed by atoms with Crippen LogP contribution >= 0.6 is 11.6 Å². The minimum absolute atomic E-state index is 0.371. The zero-order chi connectivity index (χ0) is 12.8. The van der Waals surface area contributed by atoms with E-state index in [1.165, 1.54) is 0 Å². The Morgan fingerprint density at radius 1 is 0.889 bits per heavy atom. The second-order valence-electron chi connectivity index (χ2n) is 3.87. The Morgan fingerprint density at radius 2 is 1.39 bits per heavy atom. The van der Waals surface area contributed by atoms with Crippen LogP contribution in [0.25, 0.3) is 10.4 Å². The molecule has 0 bridgehead atoms. The summed E-state index contributed by atoms with van der Waals surface area (Å²) >= 11 is 6.42. The fraction of sp³-hybridized carbons (Fsp3) is 0.143. The minimum Gasteiger partial charge on any atom is -0.117 e. The van der Waals surface area contributed by atoms with Gasteiger partial charge in [-0.3, -0.25) is 0 Å². The van der Waals surface area contributed by atoms with E-state index in [0.717, 1.165) is 11.1 Å². The van der Waals surface area contributed by atoms with Crippen molar-refractivity contribution in [2.75, 3.05) is 0 Å². The van der Waals surface area contributed by atoms with Crippen molar-refractivity contribution < 1.29 is 0 Å². The van der Waals surface area contributed by atoms with E-state index in [1.54, 1.807) is 0 Å². The van der Waals surface area contributed by atoms with Gasteiger partial charge in [0.1, 0.15) is 0 Å². The fourth-order valence-electron chi connectivity index (χ4n) is 1.82. The quantitative estimate of drug-likeness (QED) is 0.320. The Morgan fingerprint density at radius 3 is 1.89 bits per heavy atom. The van der Waals surface area contributed by atoms with Crippen LogP contribution in [0.5, 0.6) is 0 Å². The van der Waals surface area contributed by atoms with Gasteiger partial charge in [-0.2, -0.15) is 0 Å². The predicted molar refractivity (Wildman–Crippen MR) is 73.4 cm³/mol. The summed E-state index contributed by atoms with van der Waals surface area (Å²) in [4.78, 5) is 2.90. The number of alkyl halides is 1. The van der Waals surface area contributed by atoms with E-state index in [1.807, 2.05) is 60.7 Å². The van der Waals surface area contributed by atoms with E-state index in [4.69, 9.17) is 17.1 Å². The molecule has 2 aromatic carbocycles. The van der Waals surface area contributed by atoms with Gasteiger partial charge in [0.25, 0.3) is 0 Å². The maximum atomic E-state index is 8.69. The Kier molecular flexibility index (Phi) is 4.24. The van der Waals surface area contributed by atoms with Crippen LogP contribution in [0, 0.1) is 0 Å². The molecular formula is C14H12ClN3. The Labute approximate surface area is 111 Å². The summed E-state index contributed by atoms with van der Waals surface area (Å²) < 4.78 is 0. The molecule has 90 valence electrons. The van der Waals surface area contributed by atoms with Gasteiger partial charge in [0.15, 0.2) is 0 Å². The number of nitrogens with zero attached hydrogens (tertiary/aromatic N) is 3. The molecule has 0 fully saturated rings. The third kappa shape index (κ3) is 2.83. The molecule has 0 saturated carbocycles. The van der Waals surface area contributed by atoms with Gasteiger partial charge >= 0.3 is 0 Å².